The van der Waals surface area contributed by atoms with Gasteiger partial charge in [0.25, 0.3) is 0 Å². The average molecular weight is 423 g/mol. The summed E-state index contributed by atoms with van der Waals surface area (Å²) in [6.45, 7) is 11.6. The van der Waals surface area contributed by atoms with E-state index in [0.717, 1.165) is 25.9 Å². The van der Waals surface area contributed by atoms with Crippen LogP contribution >= 0.6 is 0 Å². The van der Waals surface area contributed by atoms with E-state index in [2.05, 4.69) is 36.7 Å². The van der Waals surface area contributed by atoms with E-state index in [0.29, 0.717) is 23.3 Å². The SMILES string of the molecule is C=C(C)C(=O)NCC(=O)Oc1ccc2c(c1)[C@]1(C)CCN(Cc3ccoc3)[C@@H](C2)[C@H]1C. The second-order valence-electron chi connectivity index (χ2n) is 9.09. The number of amides is 1. The first-order valence-electron chi connectivity index (χ1n) is 10.8. The van der Waals surface area contributed by atoms with Crippen LogP contribution in [0, 0.1) is 5.92 Å². The number of hydrogen-bond donors (Lipinski definition) is 1. The van der Waals surface area contributed by atoms with Crippen molar-refractivity contribution in [2.45, 2.75) is 51.6 Å². The van der Waals surface area contributed by atoms with E-state index in [1.165, 1.54) is 16.7 Å². The number of carbonyl (C=O) groups excluding carboxylic acids is 2. The lowest BCUT2D eigenvalue weighted by atomic mass is 9.59. The molecular formula is C25H30N2O4. The Morgan fingerprint density at radius 3 is 2.87 bits per heavy atom. The molecule has 6 heteroatoms. The van der Waals surface area contributed by atoms with E-state index in [9.17, 15) is 9.59 Å². The van der Waals surface area contributed by atoms with Gasteiger partial charge in [-0.1, -0.05) is 26.5 Å². The predicted octanol–water partition coefficient (Wildman–Crippen LogP) is 3.60. The van der Waals surface area contributed by atoms with Gasteiger partial charge in [-0.2, -0.15) is 0 Å². The van der Waals surface area contributed by atoms with Crippen LogP contribution in [0.5, 0.6) is 5.75 Å². The number of benzene rings is 1. The molecule has 2 aromatic rings. The Bertz CT molecular complexity index is 997. The van der Waals surface area contributed by atoms with Crippen LogP contribution in [0.1, 0.15) is 43.9 Å². The Hall–Kier alpha value is -2.86. The zero-order valence-corrected chi connectivity index (χ0v) is 18.4. The van der Waals surface area contributed by atoms with Crippen LogP contribution in [-0.2, 0) is 28.0 Å². The standard InChI is InChI=1S/C25H30N2O4/c1-16(2)24(29)26-13-23(28)31-20-6-5-19-11-22-17(3)25(4,21(19)12-20)8-9-27(22)14-18-7-10-30-15-18/h5-7,10,12,15,17,22H,1,8-9,11,13-14H2,2-4H3,(H,26,29)/t17-,22+,25-/m1/s1. The molecular weight excluding hydrogens is 392 g/mol. The Morgan fingerprint density at radius 1 is 1.35 bits per heavy atom. The highest BCUT2D eigenvalue weighted by Crippen LogP contribution is 2.49. The van der Waals surface area contributed by atoms with E-state index in [4.69, 9.17) is 9.15 Å². The topological polar surface area (TPSA) is 71.8 Å². The highest BCUT2D eigenvalue weighted by molar-refractivity contribution is 5.94. The first-order chi connectivity index (χ1) is 14.8. The van der Waals surface area contributed by atoms with Crippen molar-refractivity contribution in [1.29, 1.82) is 0 Å². The summed E-state index contributed by atoms with van der Waals surface area (Å²) in [5.41, 5.74) is 4.19. The number of hydrogen-bond acceptors (Lipinski definition) is 5. The van der Waals surface area contributed by atoms with E-state index >= 15 is 0 Å². The third-order valence-electron chi connectivity index (χ3n) is 7.07. The molecule has 2 aliphatic rings. The summed E-state index contributed by atoms with van der Waals surface area (Å²) in [7, 11) is 0. The first kappa shape index (κ1) is 21.4. The van der Waals surface area contributed by atoms with Gasteiger partial charge < -0.3 is 14.5 Å². The van der Waals surface area contributed by atoms with Gasteiger partial charge in [-0.25, -0.2) is 4.79 Å². The highest BCUT2D eigenvalue weighted by Gasteiger charge is 2.48. The monoisotopic (exact) mass is 422 g/mol. The van der Waals surface area contributed by atoms with Gasteiger partial charge in [0.05, 0.1) is 12.5 Å². The van der Waals surface area contributed by atoms with Gasteiger partial charge in [0.1, 0.15) is 12.3 Å². The number of esters is 1. The van der Waals surface area contributed by atoms with Crippen molar-refractivity contribution in [1.82, 2.24) is 10.2 Å². The maximum Gasteiger partial charge on any atom is 0.330 e. The molecule has 3 atom stereocenters. The van der Waals surface area contributed by atoms with E-state index in [1.807, 2.05) is 24.5 Å². The molecule has 1 fully saturated rings. The van der Waals surface area contributed by atoms with Gasteiger partial charge in [0, 0.05) is 23.7 Å². The number of ether oxygens (including phenoxy) is 1. The number of carbonyl (C=O) groups is 2. The Kier molecular flexibility index (Phi) is 5.75. The second-order valence-corrected chi connectivity index (χ2v) is 9.09. The number of nitrogens with one attached hydrogen (secondary N) is 1. The second kappa shape index (κ2) is 8.35. The first-order valence-corrected chi connectivity index (χ1v) is 10.8. The third kappa shape index (κ3) is 4.17. The predicted molar refractivity (Wildman–Crippen MR) is 118 cm³/mol. The zero-order valence-electron chi connectivity index (χ0n) is 18.4. The summed E-state index contributed by atoms with van der Waals surface area (Å²) in [4.78, 5) is 26.3. The zero-order chi connectivity index (χ0) is 22.2. The van der Waals surface area contributed by atoms with Crippen molar-refractivity contribution in [2.75, 3.05) is 13.1 Å². The van der Waals surface area contributed by atoms with Crippen LogP contribution < -0.4 is 10.1 Å². The summed E-state index contributed by atoms with van der Waals surface area (Å²) in [5, 5.41) is 2.51. The Labute approximate surface area is 183 Å². The van der Waals surface area contributed by atoms with E-state index in [-0.39, 0.29) is 17.9 Å². The molecule has 1 aromatic carbocycles. The van der Waals surface area contributed by atoms with Crippen molar-refractivity contribution >= 4 is 11.9 Å². The fraction of sp³-hybridized carbons (Fsp3) is 0.440. The summed E-state index contributed by atoms with van der Waals surface area (Å²) >= 11 is 0. The molecule has 2 heterocycles. The van der Waals surface area contributed by atoms with Crippen LogP contribution in [0.4, 0.5) is 0 Å². The lowest BCUT2D eigenvalue weighted by Crippen LogP contribution is -2.57. The molecule has 31 heavy (non-hydrogen) atoms. The molecule has 1 aromatic heterocycles. The minimum absolute atomic E-state index is 0.0295. The maximum atomic E-state index is 12.2. The lowest BCUT2D eigenvalue weighted by molar-refractivity contribution is -0.135. The number of piperidine rings is 1. The van der Waals surface area contributed by atoms with Crippen LogP contribution in [0.25, 0.3) is 0 Å². The number of fused-ring (bicyclic) bond motifs is 4. The molecule has 2 bridgehead atoms. The number of rotatable bonds is 6. The summed E-state index contributed by atoms with van der Waals surface area (Å²) < 4.78 is 10.8. The van der Waals surface area contributed by atoms with Crippen molar-refractivity contribution in [3.8, 4) is 5.75 Å². The minimum Gasteiger partial charge on any atom is -0.472 e. The number of furan rings is 1. The molecule has 0 saturated carbocycles. The van der Waals surface area contributed by atoms with Crippen LogP contribution in [0.2, 0.25) is 0 Å². The van der Waals surface area contributed by atoms with E-state index < -0.39 is 5.97 Å². The Morgan fingerprint density at radius 2 is 2.16 bits per heavy atom. The molecule has 164 valence electrons. The third-order valence-corrected chi connectivity index (χ3v) is 7.07. The van der Waals surface area contributed by atoms with Gasteiger partial charge in [0.15, 0.2) is 0 Å². The molecule has 1 aliphatic heterocycles. The smallest absolute Gasteiger partial charge is 0.330 e. The summed E-state index contributed by atoms with van der Waals surface area (Å²) in [6.07, 6.45) is 5.58. The van der Waals surface area contributed by atoms with Crippen LogP contribution in [0.3, 0.4) is 0 Å². The molecule has 1 N–H and O–H groups in total. The largest absolute Gasteiger partial charge is 0.472 e. The average Bonchev–Trinajstić information content (AvgIpc) is 3.24. The lowest BCUT2D eigenvalue weighted by Gasteiger charge is -2.54. The molecule has 6 nitrogen and oxygen atoms in total. The molecule has 0 unspecified atom stereocenters. The van der Waals surface area contributed by atoms with Crippen molar-refractivity contribution < 1.29 is 18.7 Å². The number of likely N-dealkylation sites (tertiary alicyclic amines) is 1. The molecule has 1 aliphatic carbocycles. The minimum atomic E-state index is -0.489. The molecule has 1 amide bonds. The molecule has 1 saturated heterocycles. The van der Waals surface area contributed by atoms with Crippen LogP contribution in [-0.4, -0.2) is 35.9 Å². The van der Waals surface area contributed by atoms with Gasteiger partial charge in [0.2, 0.25) is 5.91 Å². The molecule has 0 spiro atoms. The fourth-order valence-corrected chi connectivity index (χ4v) is 5.03. The molecule has 4 rings (SSSR count). The quantitative estimate of drug-likeness (QED) is 0.438. The van der Waals surface area contributed by atoms with Crippen molar-refractivity contribution in [2.24, 2.45) is 5.92 Å². The summed E-state index contributed by atoms with van der Waals surface area (Å²) in [6, 6.07) is 8.46. The maximum absolute atomic E-state index is 12.2. The number of nitrogens with zero attached hydrogens (tertiary/aromatic N) is 1. The normalized spacial score (nSPS) is 24.9. The van der Waals surface area contributed by atoms with Crippen LogP contribution in [0.15, 0.2) is 53.4 Å². The summed E-state index contributed by atoms with van der Waals surface area (Å²) in [5.74, 6) is 0.163. The van der Waals surface area contributed by atoms with Gasteiger partial charge in [-0.15, -0.1) is 0 Å². The van der Waals surface area contributed by atoms with Gasteiger partial charge in [-0.3, -0.25) is 9.69 Å². The van der Waals surface area contributed by atoms with Crippen molar-refractivity contribution in [3.05, 3.63) is 65.6 Å². The van der Waals surface area contributed by atoms with Gasteiger partial charge in [-0.05, 0) is 67.0 Å². The molecule has 0 radical (unpaired) electrons. The van der Waals surface area contributed by atoms with E-state index in [1.54, 1.807) is 13.2 Å². The van der Waals surface area contributed by atoms with Gasteiger partial charge >= 0.3 is 5.97 Å². The fourth-order valence-electron chi connectivity index (χ4n) is 5.03. The Balaban J connectivity index is 1.49. The highest BCUT2D eigenvalue weighted by atomic mass is 16.5. The van der Waals surface area contributed by atoms with Crippen molar-refractivity contribution in [3.63, 3.8) is 0 Å².